The van der Waals surface area contributed by atoms with Crippen LogP contribution in [0.15, 0.2) is 22.7 Å². The van der Waals surface area contributed by atoms with Gasteiger partial charge in [-0.1, -0.05) is 22.0 Å². The van der Waals surface area contributed by atoms with E-state index in [2.05, 4.69) is 15.9 Å². The summed E-state index contributed by atoms with van der Waals surface area (Å²) in [5.41, 5.74) is 0.690. The SMILES string of the molecule is COc1cc(Br)ccc1C[O]. The standard InChI is InChI=1S/C8H8BrO2/c1-11-8-4-7(9)3-2-6(8)5-10/h2-4H,5H2,1H3. The minimum Gasteiger partial charge on any atom is -0.496 e. The molecule has 3 heteroatoms. The number of ether oxygens (including phenoxy) is 1. The van der Waals surface area contributed by atoms with Crippen LogP contribution in [-0.4, -0.2) is 7.11 Å². The third-order valence-electron chi connectivity index (χ3n) is 1.40. The summed E-state index contributed by atoms with van der Waals surface area (Å²) >= 11 is 3.28. The Balaban J connectivity index is 3.06. The Hall–Kier alpha value is -0.540. The van der Waals surface area contributed by atoms with Crippen molar-refractivity contribution in [2.24, 2.45) is 0 Å². The van der Waals surface area contributed by atoms with Crippen molar-refractivity contribution in [2.45, 2.75) is 6.61 Å². The second-order valence-corrected chi connectivity index (χ2v) is 3.02. The van der Waals surface area contributed by atoms with Crippen LogP contribution in [0.2, 0.25) is 0 Å². The monoisotopic (exact) mass is 215 g/mol. The Labute approximate surface area is 73.9 Å². The zero-order chi connectivity index (χ0) is 8.27. The predicted molar refractivity (Wildman–Crippen MR) is 45.1 cm³/mol. The molecular formula is C8H8BrO2. The molecule has 0 saturated carbocycles. The van der Waals surface area contributed by atoms with Crippen LogP contribution in [0.3, 0.4) is 0 Å². The van der Waals surface area contributed by atoms with E-state index in [-0.39, 0.29) is 6.61 Å². The highest BCUT2D eigenvalue weighted by molar-refractivity contribution is 9.10. The summed E-state index contributed by atoms with van der Waals surface area (Å²) in [7, 11) is 1.56. The summed E-state index contributed by atoms with van der Waals surface area (Å²) in [5.74, 6) is 0.648. The Morgan fingerprint density at radius 2 is 2.27 bits per heavy atom. The average molecular weight is 216 g/mol. The third kappa shape index (κ3) is 1.94. The van der Waals surface area contributed by atoms with E-state index in [1.165, 1.54) is 0 Å². The second-order valence-electron chi connectivity index (χ2n) is 2.10. The molecule has 0 aromatic heterocycles. The number of hydrogen-bond acceptors (Lipinski definition) is 1. The predicted octanol–water partition coefficient (Wildman–Crippen LogP) is 2.39. The molecule has 0 bridgehead atoms. The number of rotatable bonds is 2. The largest absolute Gasteiger partial charge is 0.496 e. The molecule has 0 atom stereocenters. The normalized spacial score (nSPS) is 9.73. The van der Waals surface area contributed by atoms with Crippen LogP contribution in [0.5, 0.6) is 5.75 Å². The van der Waals surface area contributed by atoms with Crippen molar-refractivity contribution in [2.75, 3.05) is 7.11 Å². The summed E-state index contributed by atoms with van der Waals surface area (Å²) in [6.45, 7) is -0.240. The third-order valence-corrected chi connectivity index (χ3v) is 1.90. The van der Waals surface area contributed by atoms with Gasteiger partial charge in [-0.3, -0.25) is 0 Å². The molecule has 0 aliphatic rings. The number of halogens is 1. The van der Waals surface area contributed by atoms with Gasteiger partial charge in [0.05, 0.1) is 7.11 Å². The lowest BCUT2D eigenvalue weighted by Gasteiger charge is -2.04. The van der Waals surface area contributed by atoms with E-state index in [4.69, 9.17) is 4.74 Å². The molecule has 11 heavy (non-hydrogen) atoms. The summed E-state index contributed by atoms with van der Waals surface area (Å²) < 4.78 is 5.91. The molecule has 0 N–H and O–H groups in total. The molecule has 0 amide bonds. The van der Waals surface area contributed by atoms with Gasteiger partial charge in [-0.25, -0.2) is 5.11 Å². The Morgan fingerprint density at radius 3 is 2.82 bits per heavy atom. The van der Waals surface area contributed by atoms with E-state index in [0.29, 0.717) is 11.3 Å². The van der Waals surface area contributed by atoms with Crippen molar-refractivity contribution in [3.05, 3.63) is 28.2 Å². The van der Waals surface area contributed by atoms with Crippen molar-refractivity contribution in [1.29, 1.82) is 0 Å². The first-order chi connectivity index (χ1) is 5.27. The first kappa shape index (κ1) is 8.56. The summed E-state index contributed by atoms with van der Waals surface area (Å²) in [6.07, 6.45) is 0. The maximum atomic E-state index is 10.5. The number of methoxy groups -OCH3 is 1. The van der Waals surface area contributed by atoms with Crippen LogP contribution in [0.25, 0.3) is 0 Å². The lowest BCUT2D eigenvalue weighted by atomic mass is 10.2. The van der Waals surface area contributed by atoms with Gasteiger partial charge in [0.25, 0.3) is 0 Å². The van der Waals surface area contributed by atoms with Gasteiger partial charge in [-0.2, -0.15) is 0 Å². The minimum atomic E-state index is -0.240. The highest BCUT2D eigenvalue weighted by atomic mass is 79.9. The molecule has 0 heterocycles. The van der Waals surface area contributed by atoms with E-state index in [1.54, 1.807) is 19.2 Å². The molecule has 0 unspecified atom stereocenters. The lowest BCUT2D eigenvalue weighted by molar-refractivity contribution is 0.174. The maximum absolute atomic E-state index is 10.5. The Bertz CT molecular complexity index is 248. The first-order valence-corrected chi connectivity index (χ1v) is 3.97. The average Bonchev–Trinajstić information content (AvgIpc) is 2.04. The van der Waals surface area contributed by atoms with Crippen molar-refractivity contribution in [3.8, 4) is 5.75 Å². The molecular weight excluding hydrogens is 208 g/mol. The van der Waals surface area contributed by atoms with Gasteiger partial charge < -0.3 is 4.74 Å². The molecule has 0 aliphatic carbocycles. The minimum absolute atomic E-state index is 0.240. The quantitative estimate of drug-likeness (QED) is 0.746. The van der Waals surface area contributed by atoms with Crippen molar-refractivity contribution in [3.63, 3.8) is 0 Å². The highest BCUT2D eigenvalue weighted by Gasteiger charge is 2.01. The smallest absolute Gasteiger partial charge is 0.125 e. The Morgan fingerprint density at radius 1 is 1.55 bits per heavy atom. The van der Waals surface area contributed by atoms with Gasteiger partial charge in [-0.15, -0.1) is 0 Å². The molecule has 0 spiro atoms. The summed E-state index contributed by atoms with van der Waals surface area (Å²) in [6, 6.07) is 5.37. The molecule has 2 nitrogen and oxygen atoms in total. The van der Waals surface area contributed by atoms with Gasteiger partial charge in [-0.05, 0) is 12.1 Å². The molecule has 0 saturated heterocycles. The molecule has 59 valence electrons. The van der Waals surface area contributed by atoms with Gasteiger partial charge in [0, 0.05) is 10.0 Å². The molecule has 1 aromatic carbocycles. The topological polar surface area (TPSA) is 29.1 Å². The van der Waals surface area contributed by atoms with Gasteiger partial charge in [0.15, 0.2) is 0 Å². The van der Waals surface area contributed by atoms with E-state index in [0.717, 1.165) is 4.47 Å². The van der Waals surface area contributed by atoms with Gasteiger partial charge in [0.1, 0.15) is 12.4 Å². The van der Waals surface area contributed by atoms with Gasteiger partial charge >= 0.3 is 0 Å². The summed E-state index contributed by atoms with van der Waals surface area (Å²) in [5, 5.41) is 10.5. The van der Waals surface area contributed by atoms with E-state index >= 15 is 0 Å². The summed E-state index contributed by atoms with van der Waals surface area (Å²) in [4.78, 5) is 0. The zero-order valence-electron chi connectivity index (χ0n) is 6.13. The molecule has 1 radical (unpaired) electrons. The number of hydrogen-bond donors (Lipinski definition) is 0. The fraction of sp³-hybridized carbons (Fsp3) is 0.250. The van der Waals surface area contributed by atoms with E-state index < -0.39 is 0 Å². The molecule has 0 fully saturated rings. The van der Waals surface area contributed by atoms with E-state index in [1.807, 2.05) is 6.07 Å². The van der Waals surface area contributed by atoms with Crippen LogP contribution in [-0.2, 0) is 11.7 Å². The van der Waals surface area contributed by atoms with Crippen LogP contribution < -0.4 is 4.74 Å². The lowest BCUT2D eigenvalue weighted by Crippen LogP contribution is -1.90. The second kappa shape index (κ2) is 3.74. The molecule has 0 aliphatic heterocycles. The van der Waals surface area contributed by atoms with Crippen molar-refractivity contribution < 1.29 is 9.84 Å². The number of benzene rings is 1. The van der Waals surface area contributed by atoms with Crippen molar-refractivity contribution in [1.82, 2.24) is 0 Å². The van der Waals surface area contributed by atoms with Crippen LogP contribution in [0, 0.1) is 0 Å². The fourth-order valence-corrected chi connectivity index (χ4v) is 1.18. The first-order valence-electron chi connectivity index (χ1n) is 3.18. The Kier molecular flexibility index (Phi) is 2.91. The van der Waals surface area contributed by atoms with Crippen LogP contribution in [0.4, 0.5) is 0 Å². The van der Waals surface area contributed by atoms with Crippen LogP contribution in [0.1, 0.15) is 5.56 Å². The van der Waals surface area contributed by atoms with E-state index in [9.17, 15) is 5.11 Å². The maximum Gasteiger partial charge on any atom is 0.125 e. The van der Waals surface area contributed by atoms with Gasteiger partial charge in [0.2, 0.25) is 0 Å². The molecule has 1 aromatic rings. The fourth-order valence-electron chi connectivity index (χ4n) is 0.838. The van der Waals surface area contributed by atoms with Crippen molar-refractivity contribution >= 4 is 15.9 Å². The zero-order valence-corrected chi connectivity index (χ0v) is 7.72. The van der Waals surface area contributed by atoms with Crippen LogP contribution >= 0.6 is 15.9 Å². The molecule has 1 rings (SSSR count). The highest BCUT2D eigenvalue weighted by Crippen LogP contribution is 2.23.